The van der Waals surface area contributed by atoms with Crippen LogP contribution in [0, 0.1) is 5.92 Å². The zero-order valence-corrected chi connectivity index (χ0v) is 9.90. The van der Waals surface area contributed by atoms with E-state index in [4.69, 9.17) is 10.2 Å². The Morgan fingerprint density at radius 2 is 1.81 bits per heavy atom. The van der Waals surface area contributed by atoms with E-state index in [1.54, 1.807) is 0 Å². The van der Waals surface area contributed by atoms with Gasteiger partial charge in [-0.15, -0.1) is 0 Å². The Labute approximate surface area is 96.0 Å². The van der Waals surface area contributed by atoms with Gasteiger partial charge < -0.3 is 10.2 Å². The molecule has 0 amide bonds. The van der Waals surface area contributed by atoms with Gasteiger partial charge in [0.2, 0.25) is 0 Å². The Kier molecular flexibility index (Phi) is 7.25. The van der Waals surface area contributed by atoms with Crippen molar-refractivity contribution >= 4 is 11.9 Å². The fraction of sp³-hybridized carbons (Fsp3) is 0.667. The van der Waals surface area contributed by atoms with Crippen molar-refractivity contribution < 1.29 is 19.8 Å². The lowest BCUT2D eigenvalue weighted by Crippen LogP contribution is -2.22. The van der Waals surface area contributed by atoms with Crippen molar-refractivity contribution in [2.45, 2.75) is 46.0 Å². The van der Waals surface area contributed by atoms with Crippen LogP contribution in [0.5, 0.6) is 0 Å². The second kappa shape index (κ2) is 7.91. The minimum absolute atomic E-state index is 0.161. The summed E-state index contributed by atoms with van der Waals surface area (Å²) in [7, 11) is 0. The smallest absolute Gasteiger partial charge is 0.317 e. The average molecular weight is 228 g/mol. The first kappa shape index (κ1) is 14.7. The van der Waals surface area contributed by atoms with E-state index >= 15 is 0 Å². The predicted molar refractivity (Wildman–Crippen MR) is 61.3 cm³/mol. The largest absolute Gasteiger partial charge is 0.481 e. The van der Waals surface area contributed by atoms with E-state index in [0.29, 0.717) is 6.42 Å². The van der Waals surface area contributed by atoms with Crippen molar-refractivity contribution in [1.29, 1.82) is 0 Å². The van der Waals surface area contributed by atoms with Gasteiger partial charge in [0, 0.05) is 0 Å². The molecule has 0 saturated carbocycles. The lowest BCUT2D eigenvalue weighted by Gasteiger charge is -2.05. The number of hydrogen-bond donors (Lipinski definition) is 2. The first-order valence-electron chi connectivity index (χ1n) is 5.60. The number of carboxylic acid groups (broad SMARTS) is 2. The zero-order chi connectivity index (χ0) is 12.6. The van der Waals surface area contributed by atoms with Gasteiger partial charge in [-0.25, -0.2) is 0 Å². The maximum atomic E-state index is 10.6. The van der Waals surface area contributed by atoms with E-state index in [-0.39, 0.29) is 6.42 Å². The van der Waals surface area contributed by atoms with Crippen molar-refractivity contribution in [1.82, 2.24) is 0 Å². The van der Waals surface area contributed by atoms with Crippen molar-refractivity contribution in [3.8, 4) is 0 Å². The van der Waals surface area contributed by atoms with E-state index in [1.165, 1.54) is 5.57 Å². The molecule has 2 N–H and O–H groups in total. The van der Waals surface area contributed by atoms with Crippen LogP contribution < -0.4 is 0 Å². The molecule has 0 aliphatic heterocycles. The van der Waals surface area contributed by atoms with Crippen LogP contribution >= 0.6 is 0 Å². The van der Waals surface area contributed by atoms with Gasteiger partial charge in [-0.2, -0.15) is 0 Å². The number of allylic oxidation sites excluding steroid dienone is 2. The van der Waals surface area contributed by atoms with Crippen molar-refractivity contribution in [3.05, 3.63) is 11.6 Å². The minimum atomic E-state index is -1.28. The second-order valence-electron chi connectivity index (χ2n) is 3.96. The van der Waals surface area contributed by atoms with Gasteiger partial charge in [0.05, 0.1) is 0 Å². The summed E-state index contributed by atoms with van der Waals surface area (Å²) in [6.07, 6.45) is 5.85. The molecule has 0 heterocycles. The van der Waals surface area contributed by atoms with Crippen molar-refractivity contribution in [2.75, 3.05) is 0 Å². The van der Waals surface area contributed by atoms with Gasteiger partial charge in [-0.3, -0.25) is 9.59 Å². The predicted octanol–water partition coefficient (Wildman–Crippen LogP) is 2.69. The quantitative estimate of drug-likeness (QED) is 0.494. The molecule has 92 valence electrons. The van der Waals surface area contributed by atoms with Crippen LogP contribution in [-0.4, -0.2) is 22.2 Å². The van der Waals surface area contributed by atoms with Crippen molar-refractivity contribution in [3.63, 3.8) is 0 Å². The molecule has 0 fully saturated rings. The van der Waals surface area contributed by atoms with E-state index in [9.17, 15) is 9.59 Å². The minimum Gasteiger partial charge on any atom is -0.481 e. The summed E-state index contributed by atoms with van der Waals surface area (Å²) in [5, 5.41) is 17.3. The molecular formula is C12H20O4. The number of aliphatic carboxylic acids is 2. The van der Waals surface area contributed by atoms with Gasteiger partial charge in [0.1, 0.15) is 0 Å². The summed E-state index contributed by atoms with van der Waals surface area (Å²) in [5.41, 5.74) is 1.20. The molecule has 0 unspecified atom stereocenters. The summed E-state index contributed by atoms with van der Waals surface area (Å²) >= 11 is 0. The topological polar surface area (TPSA) is 74.6 Å². The summed E-state index contributed by atoms with van der Waals surface area (Å²) in [6, 6.07) is 0. The van der Waals surface area contributed by atoms with Crippen molar-refractivity contribution in [2.24, 2.45) is 5.92 Å². The van der Waals surface area contributed by atoms with Gasteiger partial charge in [-0.1, -0.05) is 25.0 Å². The van der Waals surface area contributed by atoms with Gasteiger partial charge in [-0.05, 0) is 32.6 Å². The van der Waals surface area contributed by atoms with E-state index in [1.807, 2.05) is 13.0 Å². The Balaban J connectivity index is 4.02. The molecule has 0 aromatic rings. The molecule has 0 spiro atoms. The van der Waals surface area contributed by atoms with Crippen LogP contribution in [0.2, 0.25) is 0 Å². The zero-order valence-electron chi connectivity index (χ0n) is 9.90. The summed E-state index contributed by atoms with van der Waals surface area (Å²) in [6.45, 7) is 4.10. The first-order chi connectivity index (χ1) is 7.49. The van der Waals surface area contributed by atoms with Crippen LogP contribution in [0.3, 0.4) is 0 Å². The second-order valence-corrected chi connectivity index (χ2v) is 3.96. The summed E-state index contributed by atoms with van der Waals surface area (Å²) in [4.78, 5) is 21.2. The molecule has 0 bridgehead atoms. The first-order valence-corrected chi connectivity index (χ1v) is 5.60. The van der Waals surface area contributed by atoms with Crippen LogP contribution in [0.15, 0.2) is 11.6 Å². The monoisotopic (exact) mass is 228 g/mol. The lowest BCUT2D eigenvalue weighted by molar-refractivity contribution is -0.154. The van der Waals surface area contributed by atoms with Gasteiger partial charge >= 0.3 is 11.9 Å². The Bertz CT molecular complexity index is 254. The van der Waals surface area contributed by atoms with E-state index < -0.39 is 17.9 Å². The Hall–Kier alpha value is -1.32. The molecule has 0 aromatic carbocycles. The molecule has 0 aliphatic rings. The summed E-state index contributed by atoms with van der Waals surface area (Å²) in [5.74, 6) is -3.80. The molecular weight excluding hydrogens is 208 g/mol. The van der Waals surface area contributed by atoms with E-state index in [2.05, 4.69) is 6.92 Å². The molecule has 4 nitrogen and oxygen atoms in total. The molecule has 0 rings (SSSR count). The third kappa shape index (κ3) is 6.22. The maximum absolute atomic E-state index is 10.6. The van der Waals surface area contributed by atoms with Crippen LogP contribution in [-0.2, 0) is 9.59 Å². The molecule has 0 aromatic heterocycles. The highest BCUT2D eigenvalue weighted by molar-refractivity contribution is 5.92. The third-order valence-electron chi connectivity index (χ3n) is 2.47. The standard InChI is InChI=1S/C12H20O4/c1-3-4-6-9(2)7-5-8-10(11(13)14)12(15)16/h7,10H,3-6,8H2,1-2H3,(H,13,14)(H,15,16). The molecule has 0 radical (unpaired) electrons. The lowest BCUT2D eigenvalue weighted by atomic mass is 10.0. The van der Waals surface area contributed by atoms with Crippen LogP contribution in [0.4, 0.5) is 0 Å². The third-order valence-corrected chi connectivity index (χ3v) is 2.47. The highest BCUT2D eigenvalue weighted by Crippen LogP contribution is 2.12. The SMILES string of the molecule is CCCCC(C)=CCCC(C(=O)O)C(=O)O. The number of hydrogen-bond acceptors (Lipinski definition) is 2. The molecule has 0 saturated heterocycles. The number of rotatable bonds is 8. The normalized spacial score (nSPS) is 11.8. The van der Waals surface area contributed by atoms with Crippen LogP contribution in [0.1, 0.15) is 46.0 Å². The number of carbonyl (C=O) groups is 2. The fourth-order valence-corrected chi connectivity index (χ4v) is 1.41. The molecule has 4 heteroatoms. The summed E-state index contributed by atoms with van der Waals surface area (Å²) < 4.78 is 0. The molecule has 0 aliphatic carbocycles. The average Bonchev–Trinajstić information content (AvgIpc) is 2.20. The van der Waals surface area contributed by atoms with Gasteiger partial charge in [0.25, 0.3) is 0 Å². The van der Waals surface area contributed by atoms with Gasteiger partial charge in [0.15, 0.2) is 5.92 Å². The highest BCUT2D eigenvalue weighted by atomic mass is 16.4. The Morgan fingerprint density at radius 1 is 1.25 bits per heavy atom. The fourth-order valence-electron chi connectivity index (χ4n) is 1.41. The maximum Gasteiger partial charge on any atom is 0.317 e. The number of carboxylic acids is 2. The van der Waals surface area contributed by atoms with Crippen LogP contribution in [0.25, 0.3) is 0 Å². The van der Waals surface area contributed by atoms with E-state index in [0.717, 1.165) is 19.3 Å². The Morgan fingerprint density at radius 3 is 2.25 bits per heavy atom. The molecule has 16 heavy (non-hydrogen) atoms. The number of unbranched alkanes of at least 4 members (excludes halogenated alkanes) is 1. The highest BCUT2D eigenvalue weighted by Gasteiger charge is 2.24. The molecule has 0 atom stereocenters.